The summed E-state index contributed by atoms with van der Waals surface area (Å²) in [5, 5.41) is 9.58. The zero-order chi connectivity index (χ0) is 25.1. The molecule has 0 saturated carbocycles. The Kier molecular flexibility index (Phi) is 4.55. The van der Waals surface area contributed by atoms with E-state index in [0.29, 0.717) is 0 Å². The summed E-state index contributed by atoms with van der Waals surface area (Å²) in [6.07, 6.45) is 0. The lowest BCUT2D eigenvalue weighted by Gasteiger charge is -2.14. The molecular formula is C36H23NO. The van der Waals surface area contributed by atoms with Crippen molar-refractivity contribution in [2.24, 2.45) is 0 Å². The van der Waals surface area contributed by atoms with Crippen LogP contribution in [0.2, 0.25) is 0 Å². The van der Waals surface area contributed by atoms with Gasteiger partial charge in [0.05, 0.1) is 11.0 Å². The van der Waals surface area contributed by atoms with Crippen molar-refractivity contribution in [3.63, 3.8) is 0 Å². The van der Waals surface area contributed by atoms with Crippen LogP contribution in [0.4, 0.5) is 0 Å². The second-order valence-corrected chi connectivity index (χ2v) is 9.74. The van der Waals surface area contributed by atoms with Gasteiger partial charge < -0.3 is 8.98 Å². The van der Waals surface area contributed by atoms with E-state index in [1.54, 1.807) is 0 Å². The minimum absolute atomic E-state index is 0.900. The van der Waals surface area contributed by atoms with Crippen LogP contribution in [0.5, 0.6) is 0 Å². The average Bonchev–Trinajstić information content (AvgIpc) is 3.37. The first-order valence-electron chi connectivity index (χ1n) is 13.0. The third-order valence-corrected chi connectivity index (χ3v) is 7.63. The van der Waals surface area contributed by atoms with Crippen LogP contribution in [0.15, 0.2) is 144 Å². The molecule has 38 heavy (non-hydrogen) atoms. The Hall–Kier alpha value is -5.08. The summed E-state index contributed by atoms with van der Waals surface area (Å²) in [6, 6.07) is 49.8. The summed E-state index contributed by atoms with van der Waals surface area (Å²) in [5.41, 5.74) is 5.20. The number of hydrogen-bond acceptors (Lipinski definition) is 1. The van der Waals surface area contributed by atoms with Crippen molar-refractivity contribution >= 4 is 65.3 Å². The van der Waals surface area contributed by atoms with Crippen molar-refractivity contribution in [3.05, 3.63) is 140 Å². The third-order valence-electron chi connectivity index (χ3n) is 7.63. The van der Waals surface area contributed by atoms with Crippen molar-refractivity contribution in [2.75, 3.05) is 0 Å². The van der Waals surface area contributed by atoms with E-state index in [1.807, 2.05) is 12.1 Å². The summed E-state index contributed by atoms with van der Waals surface area (Å²) in [5.74, 6) is 0. The number of fused-ring (bicyclic) bond motifs is 10. The Labute approximate surface area is 219 Å². The highest BCUT2D eigenvalue weighted by atomic mass is 16.3. The van der Waals surface area contributed by atoms with E-state index in [4.69, 9.17) is 4.42 Å². The van der Waals surface area contributed by atoms with Gasteiger partial charge in [-0.05, 0) is 57.9 Å². The predicted octanol–water partition coefficient (Wildman–Crippen LogP) is 10.1. The van der Waals surface area contributed by atoms with Crippen LogP contribution in [0.25, 0.3) is 71.0 Å². The second-order valence-electron chi connectivity index (χ2n) is 9.74. The Balaban J connectivity index is 1.68. The van der Waals surface area contributed by atoms with Crippen LogP contribution >= 0.6 is 0 Å². The maximum atomic E-state index is 6.17. The summed E-state index contributed by atoms with van der Waals surface area (Å²) in [6.45, 7) is 0. The highest BCUT2D eigenvalue weighted by Gasteiger charge is 2.12. The third kappa shape index (κ3) is 3.07. The van der Waals surface area contributed by atoms with Gasteiger partial charge in [0.2, 0.25) is 0 Å². The lowest BCUT2D eigenvalue weighted by atomic mass is 10.0. The first-order valence-corrected chi connectivity index (χ1v) is 13.0. The van der Waals surface area contributed by atoms with Crippen LogP contribution in [0.3, 0.4) is 0 Å². The standard InChI is InChI=1S/C36H23NO/c1-3-13-27-25(11-1)26-12-2-4-14-28(26)30-16-6-9-19-34(30)37(33-18-8-5-15-29(27)33)24-21-22-36-32(23-24)31-17-7-10-20-35(31)38-36/h1-23H. The van der Waals surface area contributed by atoms with E-state index in [2.05, 4.69) is 132 Å². The monoisotopic (exact) mass is 485 g/mol. The Morgan fingerprint density at radius 2 is 0.763 bits per heavy atom. The SMILES string of the molecule is c1ccc2c(c1)oc1ccc(-n3c4ccccc4c4ccccc4c4ccccc4c4ccccc43)cc12. The molecular weight excluding hydrogens is 462 g/mol. The van der Waals surface area contributed by atoms with Gasteiger partial charge >= 0.3 is 0 Å². The molecule has 0 radical (unpaired) electrons. The molecule has 8 aromatic rings. The number of benzene rings is 6. The largest absolute Gasteiger partial charge is 0.456 e. The first-order chi connectivity index (χ1) is 18.9. The van der Waals surface area contributed by atoms with Gasteiger partial charge in [0.15, 0.2) is 0 Å². The van der Waals surface area contributed by atoms with Crippen molar-refractivity contribution in [2.45, 2.75) is 0 Å². The Bertz CT molecular complexity index is 2140. The van der Waals surface area contributed by atoms with Gasteiger partial charge in [-0.15, -0.1) is 0 Å². The number of furan rings is 1. The molecule has 0 saturated heterocycles. The molecule has 2 aromatic heterocycles. The van der Waals surface area contributed by atoms with Crippen molar-refractivity contribution < 1.29 is 4.42 Å². The molecule has 6 aromatic carbocycles. The molecule has 0 fully saturated rings. The Morgan fingerprint density at radius 3 is 1.34 bits per heavy atom. The van der Waals surface area contributed by atoms with Gasteiger partial charge in [0.1, 0.15) is 11.2 Å². The maximum absolute atomic E-state index is 6.17. The zero-order valence-electron chi connectivity index (χ0n) is 20.6. The summed E-state index contributed by atoms with van der Waals surface area (Å²) in [4.78, 5) is 0. The zero-order valence-corrected chi connectivity index (χ0v) is 20.6. The van der Waals surface area contributed by atoms with E-state index >= 15 is 0 Å². The lowest BCUT2D eigenvalue weighted by Crippen LogP contribution is -1.97. The quantitative estimate of drug-likeness (QED) is 0.226. The van der Waals surface area contributed by atoms with E-state index in [-0.39, 0.29) is 0 Å². The van der Waals surface area contributed by atoms with Crippen LogP contribution < -0.4 is 0 Å². The molecule has 2 heteroatoms. The number of hydrogen-bond donors (Lipinski definition) is 0. The molecule has 0 aliphatic rings. The van der Waals surface area contributed by atoms with Gasteiger partial charge in [0.25, 0.3) is 0 Å². The fourth-order valence-electron chi connectivity index (χ4n) is 5.96. The van der Waals surface area contributed by atoms with Crippen molar-refractivity contribution in [1.29, 1.82) is 0 Å². The van der Waals surface area contributed by atoms with E-state index in [0.717, 1.165) is 38.7 Å². The molecule has 0 spiro atoms. The number of rotatable bonds is 1. The number of para-hydroxylation sites is 3. The summed E-state index contributed by atoms with van der Waals surface area (Å²) >= 11 is 0. The van der Waals surface area contributed by atoms with Gasteiger partial charge in [-0.3, -0.25) is 0 Å². The van der Waals surface area contributed by atoms with Crippen molar-refractivity contribution in [3.8, 4) is 5.69 Å². The minimum atomic E-state index is 0.900. The van der Waals surface area contributed by atoms with E-state index in [1.165, 1.54) is 32.3 Å². The minimum Gasteiger partial charge on any atom is -0.456 e. The smallest absolute Gasteiger partial charge is 0.135 e. The lowest BCUT2D eigenvalue weighted by molar-refractivity contribution is 0.669. The van der Waals surface area contributed by atoms with Crippen molar-refractivity contribution in [1.82, 2.24) is 4.57 Å². The fourth-order valence-corrected chi connectivity index (χ4v) is 5.96. The molecule has 0 atom stereocenters. The summed E-state index contributed by atoms with van der Waals surface area (Å²) in [7, 11) is 0. The second kappa shape index (κ2) is 8.22. The topological polar surface area (TPSA) is 18.1 Å². The highest BCUT2D eigenvalue weighted by Crippen LogP contribution is 2.36. The normalized spacial score (nSPS) is 11.7. The predicted molar refractivity (Wildman–Crippen MR) is 161 cm³/mol. The van der Waals surface area contributed by atoms with Gasteiger partial charge in [-0.1, -0.05) is 103 Å². The average molecular weight is 486 g/mol. The molecule has 2 heterocycles. The molecule has 0 amide bonds. The number of aromatic nitrogens is 1. The highest BCUT2D eigenvalue weighted by molar-refractivity contribution is 6.19. The molecule has 0 N–H and O–H groups in total. The summed E-state index contributed by atoms with van der Waals surface area (Å²) < 4.78 is 8.58. The molecule has 0 bridgehead atoms. The Morgan fingerprint density at radius 1 is 0.342 bits per heavy atom. The van der Waals surface area contributed by atoms with Crippen LogP contribution in [0, 0.1) is 0 Å². The maximum Gasteiger partial charge on any atom is 0.135 e. The van der Waals surface area contributed by atoms with Gasteiger partial charge in [0, 0.05) is 27.2 Å². The van der Waals surface area contributed by atoms with E-state index in [9.17, 15) is 0 Å². The fraction of sp³-hybridized carbons (Fsp3) is 0. The van der Waals surface area contributed by atoms with Gasteiger partial charge in [-0.25, -0.2) is 0 Å². The number of nitrogens with zero attached hydrogens (tertiary/aromatic N) is 1. The molecule has 2 nitrogen and oxygen atoms in total. The van der Waals surface area contributed by atoms with Crippen LogP contribution in [-0.2, 0) is 0 Å². The molecule has 0 aliphatic carbocycles. The van der Waals surface area contributed by atoms with E-state index < -0.39 is 0 Å². The van der Waals surface area contributed by atoms with Crippen LogP contribution in [0.1, 0.15) is 0 Å². The molecule has 0 aliphatic heterocycles. The van der Waals surface area contributed by atoms with Crippen LogP contribution in [-0.4, -0.2) is 4.57 Å². The molecule has 0 unspecified atom stereocenters. The first kappa shape index (κ1) is 21.0. The van der Waals surface area contributed by atoms with Gasteiger partial charge in [-0.2, -0.15) is 0 Å². The molecule has 8 rings (SSSR count). The molecule has 178 valence electrons.